The van der Waals surface area contributed by atoms with Gasteiger partial charge in [0.15, 0.2) is 12.4 Å². The molecule has 90 valence electrons. The van der Waals surface area contributed by atoms with E-state index in [2.05, 4.69) is 15.2 Å². The molecule has 0 aliphatic heterocycles. The Morgan fingerprint density at radius 3 is 2.81 bits per heavy atom. The zero-order valence-electron chi connectivity index (χ0n) is 8.30. The van der Waals surface area contributed by atoms with E-state index in [1.165, 1.54) is 0 Å². The minimum Gasteiger partial charge on any atom is -0.440 e. The molecule has 0 saturated carbocycles. The third kappa shape index (κ3) is 4.67. The molecule has 1 aromatic rings. The molecule has 1 amide bonds. The van der Waals surface area contributed by atoms with Gasteiger partial charge in [-0.2, -0.15) is 13.2 Å². The SMILES string of the molecule is Cc1cc(CNC(=O)OCC(F)(F)F)on1. The summed E-state index contributed by atoms with van der Waals surface area (Å²) in [5.41, 5.74) is 0.612. The van der Waals surface area contributed by atoms with Crippen molar-refractivity contribution in [3.05, 3.63) is 17.5 Å². The van der Waals surface area contributed by atoms with Crippen molar-refractivity contribution in [2.75, 3.05) is 6.61 Å². The first kappa shape index (κ1) is 12.3. The summed E-state index contributed by atoms with van der Waals surface area (Å²) in [5, 5.41) is 5.62. The second kappa shape index (κ2) is 4.86. The number of aryl methyl sites for hydroxylation is 1. The van der Waals surface area contributed by atoms with Gasteiger partial charge in [-0.1, -0.05) is 5.16 Å². The van der Waals surface area contributed by atoms with Gasteiger partial charge in [0.1, 0.15) is 0 Å². The highest BCUT2D eigenvalue weighted by atomic mass is 19.4. The highest BCUT2D eigenvalue weighted by molar-refractivity contribution is 5.67. The van der Waals surface area contributed by atoms with Gasteiger partial charge in [0.2, 0.25) is 0 Å². The van der Waals surface area contributed by atoms with Crippen LogP contribution in [0.5, 0.6) is 0 Å². The number of hydrogen-bond donors (Lipinski definition) is 1. The molecule has 1 rings (SSSR count). The van der Waals surface area contributed by atoms with Crippen molar-refractivity contribution < 1.29 is 27.2 Å². The highest BCUT2D eigenvalue weighted by Crippen LogP contribution is 2.14. The van der Waals surface area contributed by atoms with E-state index in [0.717, 1.165) is 0 Å². The Bertz CT molecular complexity index is 362. The number of aromatic nitrogens is 1. The van der Waals surface area contributed by atoms with Crippen LogP contribution in [0.1, 0.15) is 11.5 Å². The van der Waals surface area contributed by atoms with Gasteiger partial charge in [0.05, 0.1) is 12.2 Å². The van der Waals surface area contributed by atoms with E-state index in [9.17, 15) is 18.0 Å². The standard InChI is InChI=1S/C8H9F3N2O3/c1-5-2-6(16-13-5)3-12-7(14)15-4-8(9,10)11/h2H,3-4H2,1H3,(H,12,14). The van der Waals surface area contributed by atoms with E-state index < -0.39 is 18.9 Å². The van der Waals surface area contributed by atoms with Gasteiger partial charge < -0.3 is 14.6 Å². The average molecular weight is 238 g/mol. The Balaban J connectivity index is 2.25. The lowest BCUT2D eigenvalue weighted by Gasteiger charge is -2.07. The summed E-state index contributed by atoms with van der Waals surface area (Å²) in [4.78, 5) is 10.8. The van der Waals surface area contributed by atoms with Crippen LogP contribution in [0.25, 0.3) is 0 Å². The number of carbonyl (C=O) groups is 1. The average Bonchev–Trinajstić information content (AvgIpc) is 2.57. The fourth-order valence-electron chi connectivity index (χ4n) is 0.857. The van der Waals surface area contributed by atoms with Crippen LogP contribution in [0.2, 0.25) is 0 Å². The Morgan fingerprint density at radius 2 is 2.31 bits per heavy atom. The highest BCUT2D eigenvalue weighted by Gasteiger charge is 2.29. The second-order valence-corrected chi connectivity index (χ2v) is 2.98. The minimum absolute atomic E-state index is 0.0719. The van der Waals surface area contributed by atoms with Gasteiger partial charge in [-0.15, -0.1) is 0 Å². The third-order valence-electron chi connectivity index (χ3n) is 1.45. The number of amides is 1. The molecule has 0 unspecified atom stereocenters. The Labute approximate surface area is 88.5 Å². The lowest BCUT2D eigenvalue weighted by atomic mass is 10.4. The fraction of sp³-hybridized carbons (Fsp3) is 0.500. The summed E-state index contributed by atoms with van der Waals surface area (Å²) in [7, 11) is 0. The van der Waals surface area contributed by atoms with Crippen LogP contribution >= 0.6 is 0 Å². The summed E-state index contributed by atoms with van der Waals surface area (Å²) < 4.78 is 43.6. The third-order valence-corrected chi connectivity index (χ3v) is 1.45. The van der Waals surface area contributed by atoms with E-state index in [4.69, 9.17) is 4.52 Å². The summed E-state index contributed by atoms with van der Waals surface area (Å²) in [6, 6.07) is 1.55. The van der Waals surface area contributed by atoms with Crippen LogP contribution in [0.15, 0.2) is 10.6 Å². The van der Waals surface area contributed by atoms with Crippen LogP contribution in [0, 0.1) is 6.92 Å². The van der Waals surface area contributed by atoms with Crippen molar-refractivity contribution >= 4 is 6.09 Å². The van der Waals surface area contributed by atoms with E-state index in [1.54, 1.807) is 13.0 Å². The Kier molecular flexibility index (Phi) is 3.75. The summed E-state index contributed by atoms with van der Waals surface area (Å²) in [5.74, 6) is 0.335. The number of ether oxygens (including phenoxy) is 1. The molecule has 8 heteroatoms. The molecule has 0 bridgehead atoms. The van der Waals surface area contributed by atoms with Gasteiger partial charge in [-0.3, -0.25) is 0 Å². The molecule has 0 aromatic carbocycles. The summed E-state index contributed by atoms with van der Waals surface area (Å²) in [6.45, 7) is -0.0131. The van der Waals surface area contributed by atoms with E-state index in [1.807, 2.05) is 0 Å². The first-order valence-electron chi connectivity index (χ1n) is 4.26. The monoisotopic (exact) mass is 238 g/mol. The van der Waals surface area contributed by atoms with E-state index >= 15 is 0 Å². The van der Waals surface area contributed by atoms with Crippen molar-refractivity contribution in [2.24, 2.45) is 0 Å². The van der Waals surface area contributed by atoms with Gasteiger partial charge >= 0.3 is 12.3 Å². The van der Waals surface area contributed by atoms with Crippen LogP contribution in [0.4, 0.5) is 18.0 Å². The molecule has 0 fully saturated rings. The predicted octanol–water partition coefficient (Wildman–Crippen LogP) is 1.77. The first-order valence-corrected chi connectivity index (χ1v) is 4.26. The maximum atomic E-state index is 11.6. The molecule has 0 saturated heterocycles. The number of hydrogen-bond acceptors (Lipinski definition) is 4. The maximum Gasteiger partial charge on any atom is 0.422 e. The van der Waals surface area contributed by atoms with Crippen molar-refractivity contribution in [3.63, 3.8) is 0 Å². The lowest BCUT2D eigenvalue weighted by molar-refractivity contribution is -0.160. The quantitative estimate of drug-likeness (QED) is 0.871. The molecule has 16 heavy (non-hydrogen) atoms. The molecule has 0 aliphatic carbocycles. The largest absolute Gasteiger partial charge is 0.440 e. The van der Waals surface area contributed by atoms with Gasteiger partial charge in [-0.25, -0.2) is 4.79 Å². The first-order chi connectivity index (χ1) is 7.37. The number of alkyl carbamates (subject to hydrolysis) is 1. The molecule has 5 nitrogen and oxygen atoms in total. The number of halogens is 3. The molecule has 0 aliphatic rings. The number of nitrogens with zero attached hydrogens (tertiary/aromatic N) is 1. The lowest BCUT2D eigenvalue weighted by Crippen LogP contribution is -2.28. The predicted molar refractivity (Wildman–Crippen MR) is 45.5 cm³/mol. The molecule has 0 radical (unpaired) electrons. The van der Waals surface area contributed by atoms with E-state index in [-0.39, 0.29) is 6.54 Å². The topological polar surface area (TPSA) is 64.4 Å². The number of nitrogens with one attached hydrogen (secondary N) is 1. The summed E-state index contributed by atoms with van der Waals surface area (Å²) >= 11 is 0. The van der Waals surface area contributed by atoms with Gasteiger partial charge in [0.25, 0.3) is 0 Å². The summed E-state index contributed by atoms with van der Waals surface area (Å²) in [6.07, 6.45) is -5.69. The maximum absolute atomic E-state index is 11.6. The zero-order chi connectivity index (χ0) is 12.2. The fourth-order valence-corrected chi connectivity index (χ4v) is 0.857. The van der Waals surface area contributed by atoms with Crippen LogP contribution < -0.4 is 5.32 Å². The van der Waals surface area contributed by atoms with Gasteiger partial charge in [-0.05, 0) is 6.92 Å². The van der Waals surface area contributed by atoms with Crippen LogP contribution in [0.3, 0.4) is 0 Å². The molecular formula is C8H9F3N2O3. The van der Waals surface area contributed by atoms with Crippen LogP contribution in [-0.2, 0) is 11.3 Å². The van der Waals surface area contributed by atoms with Crippen molar-refractivity contribution in [3.8, 4) is 0 Å². The second-order valence-electron chi connectivity index (χ2n) is 2.98. The minimum atomic E-state index is -4.53. The van der Waals surface area contributed by atoms with Gasteiger partial charge in [0, 0.05) is 6.07 Å². The van der Waals surface area contributed by atoms with Crippen LogP contribution in [-0.4, -0.2) is 24.0 Å². The van der Waals surface area contributed by atoms with E-state index in [0.29, 0.717) is 11.5 Å². The normalized spacial score (nSPS) is 11.2. The van der Waals surface area contributed by atoms with Crippen molar-refractivity contribution in [1.82, 2.24) is 10.5 Å². The number of carbonyl (C=O) groups excluding carboxylic acids is 1. The zero-order valence-corrected chi connectivity index (χ0v) is 8.30. The molecule has 0 spiro atoms. The molecule has 1 heterocycles. The molecular weight excluding hydrogens is 229 g/mol. The Hall–Kier alpha value is -1.73. The molecule has 1 aromatic heterocycles. The Morgan fingerprint density at radius 1 is 1.62 bits per heavy atom. The smallest absolute Gasteiger partial charge is 0.422 e. The number of alkyl halides is 3. The van der Waals surface area contributed by atoms with Crippen molar-refractivity contribution in [1.29, 1.82) is 0 Å². The van der Waals surface area contributed by atoms with Crippen molar-refractivity contribution in [2.45, 2.75) is 19.6 Å². The molecule has 0 atom stereocenters. The molecule has 1 N–H and O–H groups in total. The number of rotatable bonds is 3.